The van der Waals surface area contributed by atoms with Crippen LogP contribution in [-0.2, 0) is 21.3 Å². The van der Waals surface area contributed by atoms with Crippen molar-refractivity contribution in [2.75, 3.05) is 27.3 Å². The number of carbonyl (C=O) groups is 1. The number of carbonyl (C=O) groups excluding carboxylic acids is 1. The Labute approximate surface area is 176 Å². The maximum absolute atomic E-state index is 13.8. The van der Waals surface area contributed by atoms with Gasteiger partial charge in [-0.15, -0.1) is 0 Å². The topological polar surface area (TPSA) is 99.9 Å². The fourth-order valence-corrected chi connectivity index (χ4v) is 5.31. The van der Waals surface area contributed by atoms with Crippen LogP contribution in [0.15, 0.2) is 53.4 Å². The molecular formula is C21H23N3O5S. The summed E-state index contributed by atoms with van der Waals surface area (Å²) in [6, 6.07) is 13.0. The van der Waals surface area contributed by atoms with Crippen LogP contribution in [0.4, 0.5) is 0 Å². The summed E-state index contributed by atoms with van der Waals surface area (Å²) in [7, 11) is -1.45. The number of methoxy groups -OCH3 is 2. The highest BCUT2D eigenvalue weighted by molar-refractivity contribution is 7.89. The fourth-order valence-electron chi connectivity index (χ4n) is 3.49. The maximum atomic E-state index is 13.8. The van der Waals surface area contributed by atoms with Gasteiger partial charge in [-0.25, -0.2) is 13.2 Å². The van der Waals surface area contributed by atoms with Gasteiger partial charge in [0.15, 0.2) is 6.19 Å². The summed E-state index contributed by atoms with van der Waals surface area (Å²) < 4.78 is 38.9. The number of rotatable bonds is 7. The normalized spacial score (nSPS) is 16.3. The van der Waals surface area contributed by atoms with Crippen LogP contribution < -0.4 is 4.74 Å². The van der Waals surface area contributed by atoms with Gasteiger partial charge in [0.05, 0.1) is 19.8 Å². The third-order valence-corrected chi connectivity index (χ3v) is 6.98. The number of benzene rings is 2. The van der Waals surface area contributed by atoms with Crippen LogP contribution in [-0.4, -0.2) is 56.9 Å². The minimum atomic E-state index is -4.06. The Morgan fingerprint density at radius 3 is 2.57 bits per heavy atom. The van der Waals surface area contributed by atoms with Gasteiger partial charge in [-0.2, -0.15) is 9.57 Å². The van der Waals surface area contributed by atoms with Gasteiger partial charge in [0.25, 0.3) is 0 Å². The molecule has 0 unspecified atom stereocenters. The van der Waals surface area contributed by atoms with E-state index in [1.54, 1.807) is 4.90 Å². The lowest BCUT2D eigenvalue weighted by atomic mass is 10.2. The lowest BCUT2D eigenvalue weighted by Gasteiger charge is -2.28. The summed E-state index contributed by atoms with van der Waals surface area (Å²) >= 11 is 0. The van der Waals surface area contributed by atoms with Crippen LogP contribution >= 0.6 is 0 Å². The highest BCUT2D eigenvalue weighted by Gasteiger charge is 2.37. The molecule has 2 aromatic carbocycles. The van der Waals surface area contributed by atoms with Crippen LogP contribution in [0.2, 0.25) is 0 Å². The van der Waals surface area contributed by atoms with Crippen LogP contribution in [0, 0.1) is 11.5 Å². The first-order valence-corrected chi connectivity index (χ1v) is 10.8. The zero-order valence-corrected chi connectivity index (χ0v) is 17.6. The zero-order valence-electron chi connectivity index (χ0n) is 16.8. The molecule has 158 valence electrons. The number of ether oxygens (including phenoxy) is 2. The molecule has 1 aliphatic rings. The van der Waals surface area contributed by atoms with E-state index in [0.29, 0.717) is 19.5 Å². The smallest absolute Gasteiger partial charge is 0.337 e. The van der Waals surface area contributed by atoms with E-state index < -0.39 is 16.0 Å². The molecule has 2 aromatic rings. The van der Waals surface area contributed by atoms with Gasteiger partial charge in [-0.3, -0.25) is 0 Å². The predicted octanol–water partition coefficient (Wildman–Crippen LogP) is 2.23. The summed E-state index contributed by atoms with van der Waals surface area (Å²) in [4.78, 5) is 13.4. The average molecular weight is 429 g/mol. The molecular weight excluding hydrogens is 406 g/mol. The average Bonchev–Trinajstić information content (AvgIpc) is 3.25. The Kier molecular flexibility index (Phi) is 6.59. The van der Waals surface area contributed by atoms with Gasteiger partial charge in [-0.05, 0) is 30.2 Å². The zero-order chi connectivity index (χ0) is 21.7. The second-order valence-corrected chi connectivity index (χ2v) is 8.74. The van der Waals surface area contributed by atoms with E-state index in [1.165, 1.54) is 36.7 Å². The highest BCUT2D eigenvalue weighted by atomic mass is 32.2. The minimum absolute atomic E-state index is 0.112. The minimum Gasteiger partial charge on any atom is -0.495 e. The SMILES string of the molecule is COC(=O)c1ccc(OC)c(S(=O)(=O)N(Cc2ccccc2)[C@@H]2CCN(C#N)C2)c1. The molecule has 0 spiro atoms. The Balaban J connectivity index is 2.07. The van der Waals surface area contributed by atoms with Crippen molar-refractivity contribution in [1.29, 1.82) is 5.26 Å². The van der Waals surface area contributed by atoms with Crippen molar-refractivity contribution in [3.8, 4) is 11.9 Å². The Morgan fingerprint density at radius 1 is 1.23 bits per heavy atom. The van der Waals surface area contributed by atoms with E-state index in [4.69, 9.17) is 9.47 Å². The Morgan fingerprint density at radius 2 is 1.97 bits per heavy atom. The van der Waals surface area contributed by atoms with Crippen molar-refractivity contribution in [2.45, 2.75) is 23.9 Å². The summed E-state index contributed by atoms with van der Waals surface area (Å²) in [5, 5.41) is 9.22. The molecule has 8 nitrogen and oxygen atoms in total. The molecule has 1 atom stereocenters. The quantitative estimate of drug-likeness (QED) is 0.491. The fraction of sp³-hybridized carbons (Fsp3) is 0.333. The molecule has 1 heterocycles. The summed E-state index contributed by atoms with van der Waals surface area (Å²) in [5.74, 6) is -0.504. The van der Waals surface area contributed by atoms with Crippen molar-refractivity contribution < 1.29 is 22.7 Å². The van der Waals surface area contributed by atoms with E-state index in [1.807, 2.05) is 30.3 Å². The van der Waals surface area contributed by atoms with Gasteiger partial charge < -0.3 is 14.4 Å². The lowest BCUT2D eigenvalue weighted by Crippen LogP contribution is -2.41. The summed E-state index contributed by atoms with van der Waals surface area (Å²) in [6.45, 7) is 0.932. The van der Waals surface area contributed by atoms with Crippen molar-refractivity contribution in [3.63, 3.8) is 0 Å². The molecule has 0 aromatic heterocycles. The van der Waals surface area contributed by atoms with Crippen LogP contribution in [0.5, 0.6) is 5.75 Å². The van der Waals surface area contributed by atoms with Crippen LogP contribution in [0.3, 0.4) is 0 Å². The molecule has 1 saturated heterocycles. The molecule has 0 N–H and O–H groups in total. The van der Waals surface area contributed by atoms with E-state index in [-0.39, 0.29) is 28.8 Å². The van der Waals surface area contributed by atoms with Crippen LogP contribution in [0.1, 0.15) is 22.3 Å². The third kappa shape index (κ3) is 4.40. The largest absolute Gasteiger partial charge is 0.495 e. The highest BCUT2D eigenvalue weighted by Crippen LogP contribution is 2.32. The second kappa shape index (κ2) is 9.15. The third-order valence-electron chi connectivity index (χ3n) is 5.06. The molecule has 1 aliphatic heterocycles. The number of sulfonamides is 1. The standard InChI is InChI=1S/C21H23N3O5S/c1-28-19-9-8-17(21(25)29-2)12-20(19)30(26,27)24(13-16-6-4-3-5-7-16)18-10-11-23(14-18)15-22/h3-9,12,18H,10-11,13-14H2,1-2H3/t18-/m1/s1. The Bertz CT molecular complexity index is 1050. The number of likely N-dealkylation sites (tertiary alicyclic amines) is 1. The monoisotopic (exact) mass is 429 g/mol. The Hall–Kier alpha value is -3.09. The predicted molar refractivity (Wildman–Crippen MR) is 109 cm³/mol. The van der Waals surface area contributed by atoms with Crippen molar-refractivity contribution in [3.05, 3.63) is 59.7 Å². The molecule has 1 fully saturated rings. The van der Waals surface area contributed by atoms with E-state index in [0.717, 1.165) is 5.56 Å². The lowest BCUT2D eigenvalue weighted by molar-refractivity contribution is 0.0600. The molecule has 0 saturated carbocycles. The summed E-state index contributed by atoms with van der Waals surface area (Å²) in [5.41, 5.74) is 0.932. The van der Waals surface area contributed by atoms with E-state index in [9.17, 15) is 18.5 Å². The van der Waals surface area contributed by atoms with Gasteiger partial charge >= 0.3 is 5.97 Å². The van der Waals surface area contributed by atoms with Crippen molar-refractivity contribution >= 4 is 16.0 Å². The number of hydrogen-bond acceptors (Lipinski definition) is 7. The van der Waals surface area contributed by atoms with Gasteiger partial charge in [0, 0.05) is 25.7 Å². The molecule has 3 rings (SSSR count). The van der Waals surface area contributed by atoms with E-state index >= 15 is 0 Å². The molecule has 0 radical (unpaired) electrons. The first kappa shape index (κ1) is 21.6. The van der Waals surface area contributed by atoms with Crippen molar-refractivity contribution in [1.82, 2.24) is 9.21 Å². The molecule has 0 aliphatic carbocycles. The van der Waals surface area contributed by atoms with Gasteiger partial charge in [0.2, 0.25) is 10.0 Å². The second-order valence-electron chi connectivity index (χ2n) is 6.88. The molecule has 30 heavy (non-hydrogen) atoms. The summed E-state index contributed by atoms with van der Waals surface area (Å²) in [6.07, 6.45) is 2.61. The number of hydrogen-bond donors (Lipinski definition) is 0. The maximum Gasteiger partial charge on any atom is 0.337 e. The number of nitrogens with zero attached hydrogens (tertiary/aromatic N) is 3. The van der Waals surface area contributed by atoms with E-state index in [2.05, 4.69) is 6.19 Å². The first-order valence-electron chi connectivity index (χ1n) is 9.37. The van der Waals surface area contributed by atoms with Gasteiger partial charge in [-0.1, -0.05) is 30.3 Å². The van der Waals surface area contributed by atoms with Crippen molar-refractivity contribution in [2.24, 2.45) is 0 Å². The van der Waals surface area contributed by atoms with Gasteiger partial charge in [0.1, 0.15) is 10.6 Å². The number of esters is 1. The number of nitriles is 1. The first-order chi connectivity index (χ1) is 14.4. The molecule has 0 bridgehead atoms. The molecule has 9 heteroatoms. The van der Waals surface area contributed by atoms with Crippen LogP contribution in [0.25, 0.3) is 0 Å². The molecule has 0 amide bonds.